The standard InChI is InChI=1S/C32H38ClN5O2/c1-3-29(39)23-9-4-5-17-38(19-23)31-25-15-18-37(28-14-7-11-22-10-6-13-26(33)30(22)28)20-27(25)34-32(35-31)40-21-24-12-8-16-36(24)2/h3,6-7,10-11,13-14,23-24H,1,4-5,8-9,12,15-21H2,2H3/t23?,24-/m0/s1. The lowest BCUT2D eigenvalue weighted by Gasteiger charge is -2.34. The molecule has 2 saturated heterocycles. The Morgan fingerprint density at radius 3 is 2.73 bits per heavy atom. The summed E-state index contributed by atoms with van der Waals surface area (Å²) in [4.78, 5) is 29.7. The largest absolute Gasteiger partial charge is 0.462 e. The number of likely N-dealkylation sites (tertiary alicyclic amines) is 1. The average molecular weight is 560 g/mol. The van der Waals surface area contributed by atoms with Gasteiger partial charge in [0.1, 0.15) is 12.4 Å². The molecule has 3 aliphatic rings. The summed E-state index contributed by atoms with van der Waals surface area (Å²) < 4.78 is 6.30. The van der Waals surface area contributed by atoms with Crippen molar-refractivity contribution in [1.29, 1.82) is 0 Å². The number of halogens is 1. The predicted molar refractivity (Wildman–Crippen MR) is 162 cm³/mol. The topological polar surface area (TPSA) is 61.8 Å². The number of ether oxygens (including phenoxy) is 1. The number of anilines is 2. The van der Waals surface area contributed by atoms with E-state index < -0.39 is 0 Å². The molecule has 3 aromatic rings. The maximum absolute atomic E-state index is 12.6. The number of carbonyl (C=O) groups excluding carboxylic acids is 1. The minimum Gasteiger partial charge on any atom is -0.462 e. The molecule has 0 aliphatic carbocycles. The SMILES string of the molecule is C=CC(=O)C1CCCCN(c2nc(OC[C@@H]3CCCN3C)nc3c2CCN(c2cccc4cccc(Cl)c24)C3)C1. The van der Waals surface area contributed by atoms with Crippen molar-refractivity contribution in [2.45, 2.75) is 51.1 Å². The summed E-state index contributed by atoms with van der Waals surface area (Å²) in [6.07, 6.45) is 7.56. The number of hydrogen-bond acceptors (Lipinski definition) is 7. The highest BCUT2D eigenvalue weighted by atomic mass is 35.5. The number of nitrogens with zero attached hydrogens (tertiary/aromatic N) is 5. The third kappa shape index (κ3) is 5.41. The van der Waals surface area contributed by atoms with Crippen molar-refractivity contribution in [3.05, 3.63) is 65.3 Å². The van der Waals surface area contributed by atoms with Gasteiger partial charge in [0.2, 0.25) is 0 Å². The molecular formula is C32H38ClN5O2. The summed E-state index contributed by atoms with van der Waals surface area (Å²) in [6.45, 7) is 8.44. The molecule has 1 aromatic heterocycles. The molecule has 210 valence electrons. The van der Waals surface area contributed by atoms with Gasteiger partial charge in [-0.25, -0.2) is 0 Å². The van der Waals surface area contributed by atoms with Crippen molar-refractivity contribution in [3.63, 3.8) is 0 Å². The molecule has 2 atom stereocenters. The maximum Gasteiger partial charge on any atom is 0.318 e. The molecule has 0 bridgehead atoms. The number of benzene rings is 2. The highest BCUT2D eigenvalue weighted by Crippen LogP contribution is 2.37. The zero-order chi connectivity index (χ0) is 27.6. The molecule has 0 radical (unpaired) electrons. The van der Waals surface area contributed by atoms with Crippen LogP contribution in [0.25, 0.3) is 10.8 Å². The van der Waals surface area contributed by atoms with Gasteiger partial charge in [0.05, 0.1) is 17.3 Å². The number of likely N-dealkylation sites (N-methyl/N-ethyl adjacent to an activating group) is 1. The highest BCUT2D eigenvalue weighted by molar-refractivity contribution is 6.36. The first-order valence-corrected chi connectivity index (χ1v) is 15.0. The number of aromatic nitrogens is 2. The summed E-state index contributed by atoms with van der Waals surface area (Å²) in [7, 11) is 2.15. The van der Waals surface area contributed by atoms with Crippen LogP contribution in [0.1, 0.15) is 43.4 Å². The van der Waals surface area contributed by atoms with E-state index in [9.17, 15) is 4.79 Å². The van der Waals surface area contributed by atoms with Gasteiger partial charge in [-0.2, -0.15) is 9.97 Å². The van der Waals surface area contributed by atoms with E-state index in [-0.39, 0.29) is 11.7 Å². The van der Waals surface area contributed by atoms with E-state index >= 15 is 0 Å². The summed E-state index contributed by atoms with van der Waals surface area (Å²) in [5.41, 5.74) is 3.28. The van der Waals surface area contributed by atoms with Crippen LogP contribution in [-0.2, 0) is 17.8 Å². The van der Waals surface area contributed by atoms with Crippen molar-refractivity contribution in [2.75, 3.05) is 49.6 Å². The van der Waals surface area contributed by atoms with E-state index in [4.69, 9.17) is 26.3 Å². The van der Waals surface area contributed by atoms with E-state index in [1.165, 1.54) is 18.1 Å². The number of allylic oxidation sites excluding steroid dienone is 1. The van der Waals surface area contributed by atoms with Gasteiger partial charge in [0.15, 0.2) is 5.78 Å². The first-order valence-electron chi connectivity index (χ1n) is 14.6. The van der Waals surface area contributed by atoms with Crippen LogP contribution in [0, 0.1) is 5.92 Å². The van der Waals surface area contributed by atoms with E-state index in [1.54, 1.807) is 0 Å². The predicted octanol–water partition coefficient (Wildman–Crippen LogP) is 5.68. The Labute approximate surface area is 241 Å². The molecule has 2 fully saturated rings. The van der Waals surface area contributed by atoms with Crippen molar-refractivity contribution in [3.8, 4) is 6.01 Å². The van der Waals surface area contributed by atoms with Gasteiger partial charge in [0.25, 0.3) is 0 Å². The first kappa shape index (κ1) is 27.0. The molecule has 7 nitrogen and oxygen atoms in total. The second-order valence-electron chi connectivity index (χ2n) is 11.4. The minimum absolute atomic E-state index is 0.0555. The number of ketones is 1. The molecule has 1 unspecified atom stereocenters. The summed E-state index contributed by atoms with van der Waals surface area (Å²) in [5, 5.41) is 2.96. The molecule has 4 heterocycles. The first-order chi connectivity index (χ1) is 19.5. The molecule has 2 aromatic carbocycles. The van der Waals surface area contributed by atoms with Gasteiger partial charge in [-0.3, -0.25) is 4.79 Å². The molecule has 0 amide bonds. The minimum atomic E-state index is -0.0555. The van der Waals surface area contributed by atoms with Crippen LogP contribution in [0.5, 0.6) is 6.01 Å². The number of hydrogen-bond donors (Lipinski definition) is 0. The molecule has 0 spiro atoms. The van der Waals surface area contributed by atoms with Crippen molar-refractivity contribution < 1.29 is 9.53 Å². The molecule has 0 saturated carbocycles. The summed E-state index contributed by atoms with van der Waals surface area (Å²) in [5.74, 6) is 0.994. The smallest absolute Gasteiger partial charge is 0.318 e. The second-order valence-corrected chi connectivity index (χ2v) is 11.8. The Morgan fingerprint density at radius 1 is 1.07 bits per heavy atom. The Balaban J connectivity index is 1.35. The number of carbonyl (C=O) groups is 1. The molecule has 8 heteroatoms. The maximum atomic E-state index is 12.6. The molecular weight excluding hydrogens is 522 g/mol. The quantitative estimate of drug-likeness (QED) is 0.345. The molecule has 0 N–H and O–H groups in total. The van der Waals surface area contributed by atoms with Gasteiger partial charge >= 0.3 is 6.01 Å². The van der Waals surface area contributed by atoms with Crippen LogP contribution in [-0.4, -0.2) is 66.5 Å². The van der Waals surface area contributed by atoms with Crippen LogP contribution >= 0.6 is 11.6 Å². The summed E-state index contributed by atoms with van der Waals surface area (Å²) >= 11 is 6.70. The molecule has 3 aliphatic heterocycles. The molecule has 40 heavy (non-hydrogen) atoms. The lowest BCUT2D eigenvalue weighted by molar-refractivity contribution is -0.118. The van der Waals surface area contributed by atoms with E-state index in [0.29, 0.717) is 31.7 Å². The van der Waals surface area contributed by atoms with Gasteiger partial charge in [-0.1, -0.05) is 48.9 Å². The van der Waals surface area contributed by atoms with Crippen LogP contribution in [0.3, 0.4) is 0 Å². The van der Waals surface area contributed by atoms with Crippen LogP contribution in [0.2, 0.25) is 5.02 Å². The lowest BCUT2D eigenvalue weighted by Crippen LogP contribution is -2.37. The van der Waals surface area contributed by atoms with Crippen molar-refractivity contribution in [2.24, 2.45) is 5.92 Å². The second kappa shape index (κ2) is 11.8. The zero-order valence-corrected chi connectivity index (χ0v) is 24.1. The van der Waals surface area contributed by atoms with Crippen molar-refractivity contribution in [1.82, 2.24) is 14.9 Å². The fourth-order valence-electron chi connectivity index (χ4n) is 6.55. The van der Waals surface area contributed by atoms with Gasteiger partial charge in [0, 0.05) is 48.2 Å². The van der Waals surface area contributed by atoms with Gasteiger partial charge < -0.3 is 19.4 Å². The third-order valence-electron chi connectivity index (χ3n) is 8.85. The van der Waals surface area contributed by atoms with Gasteiger partial charge in [-0.05, 0) is 69.3 Å². The highest BCUT2D eigenvalue weighted by Gasteiger charge is 2.30. The number of fused-ring (bicyclic) bond motifs is 2. The normalized spacial score (nSPS) is 21.8. The fraction of sp³-hybridized carbons (Fsp3) is 0.469. The van der Waals surface area contributed by atoms with E-state index in [0.717, 1.165) is 84.7 Å². The average Bonchev–Trinajstić information content (AvgIpc) is 3.23. The molecule has 6 rings (SSSR count). The van der Waals surface area contributed by atoms with Gasteiger partial charge in [-0.15, -0.1) is 0 Å². The van der Waals surface area contributed by atoms with Crippen LogP contribution < -0.4 is 14.5 Å². The van der Waals surface area contributed by atoms with E-state index in [1.807, 2.05) is 12.1 Å². The van der Waals surface area contributed by atoms with Crippen molar-refractivity contribution >= 4 is 39.7 Å². The van der Waals surface area contributed by atoms with E-state index in [2.05, 4.69) is 52.6 Å². The number of rotatable bonds is 7. The lowest BCUT2D eigenvalue weighted by atomic mass is 9.98. The summed E-state index contributed by atoms with van der Waals surface area (Å²) in [6, 6.07) is 13.2. The third-order valence-corrected chi connectivity index (χ3v) is 9.16. The zero-order valence-electron chi connectivity index (χ0n) is 23.3. The Bertz CT molecular complexity index is 1410. The van der Waals surface area contributed by atoms with Crippen LogP contribution in [0.4, 0.5) is 11.5 Å². The monoisotopic (exact) mass is 559 g/mol. The Kier molecular flexibility index (Phi) is 7.94. The Hall–Kier alpha value is -3.16. The fourth-order valence-corrected chi connectivity index (χ4v) is 6.83. The van der Waals surface area contributed by atoms with Crippen LogP contribution in [0.15, 0.2) is 49.1 Å². The Morgan fingerprint density at radius 2 is 1.93 bits per heavy atom.